The van der Waals surface area contributed by atoms with Gasteiger partial charge in [-0.2, -0.15) is 0 Å². The fraction of sp³-hybridized carbons (Fsp3) is 1.00. The molecule has 11 heavy (non-hydrogen) atoms. The van der Waals surface area contributed by atoms with Crippen LogP contribution >= 0.6 is 19.2 Å². The lowest BCUT2D eigenvalue weighted by Gasteiger charge is -2.40. The predicted octanol–water partition coefficient (Wildman–Crippen LogP) is 2.77. The summed E-state index contributed by atoms with van der Waals surface area (Å²) in [4.78, 5) is 0. The lowest BCUT2D eigenvalue weighted by Crippen LogP contribution is -2.30. The third-order valence-corrected chi connectivity index (χ3v) is 5.12. The van der Waals surface area contributed by atoms with Gasteiger partial charge < -0.3 is 9.05 Å². The second kappa shape index (κ2) is 3.21. The molecule has 0 aliphatic carbocycles. The Kier molecular flexibility index (Phi) is 2.86. The van der Waals surface area contributed by atoms with Crippen LogP contribution in [0.3, 0.4) is 0 Å². The monoisotopic (exact) mass is 195 g/mol. The molecule has 1 aliphatic heterocycles. The molecule has 1 rings (SSSR count). The van der Waals surface area contributed by atoms with E-state index in [0.29, 0.717) is 0 Å². The maximum Gasteiger partial charge on any atom is 0.155 e. The van der Waals surface area contributed by atoms with E-state index in [1.807, 2.05) is 0 Å². The zero-order chi connectivity index (χ0) is 8.54. The molecule has 0 aromatic carbocycles. The van der Waals surface area contributed by atoms with Crippen molar-refractivity contribution in [3.05, 3.63) is 0 Å². The van der Waals surface area contributed by atoms with Gasteiger partial charge in [-0.3, -0.25) is 0 Å². The van der Waals surface area contributed by atoms with Crippen molar-refractivity contribution in [2.45, 2.75) is 20.8 Å². The highest BCUT2D eigenvalue weighted by Crippen LogP contribution is 2.68. The van der Waals surface area contributed by atoms with Crippen LogP contribution in [0.5, 0.6) is 0 Å². The van der Waals surface area contributed by atoms with Gasteiger partial charge >= 0.3 is 0 Å². The fourth-order valence-electron chi connectivity index (χ4n) is 0.813. The van der Waals surface area contributed by atoms with E-state index >= 15 is 0 Å². The first-order chi connectivity index (χ1) is 4.97. The van der Waals surface area contributed by atoms with Crippen LogP contribution in [0.4, 0.5) is 0 Å². The number of hydrogen-bond donors (Lipinski definition) is 1. The quantitative estimate of drug-likeness (QED) is 0.512. The summed E-state index contributed by atoms with van der Waals surface area (Å²) in [6.07, 6.45) is 0.895. The smallest absolute Gasteiger partial charge is 0.155 e. The molecule has 0 bridgehead atoms. The van der Waals surface area contributed by atoms with Crippen molar-refractivity contribution in [2.24, 2.45) is 5.41 Å². The SMILES string of the molecule is CC[P]1(S)OCC(C)(C)CO1. The topological polar surface area (TPSA) is 18.5 Å². The van der Waals surface area contributed by atoms with Gasteiger partial charge in [0.2, 0.25) is 0 Å². The molecule has 1 fully saturated rings. The van der Waals surface area contributed by atoms with Crippen LogP contribution in [0.25, 0.3) is 0 Å². The largest absolute Gasteiger partial charge is 0.332 e. The maximum atomic E-state index is 5.58. The molecule has 0 saturated carbocycles. The van der Waals surface area contributed by atoms with Crippen molar-refractivity contribution in [2.75, 3.05) is 19.4 Å². The molecule has 67 valence electrons. The molecule has 0 spiro atoms. The second-order valence-electron chi connectivity index (χ2n) is 3.66. The van der Waals surface area contributed by atoms with Crippen LogP contribution in [0.2, 0.25) is 0 Å². The molecule has 1 radical (unpaired) electrons. The molecule has 4 heteroatoms. The van der Waals surface area contributed by atoms with Crippen LogP contribution in [-0.2, 0) is 9.05 Å². The average molecular weight is 195 g/mol. The van der Waals surface area contributed by atoms with Gasteiger partial charge in [0.1, 0.15) is 0 Å². The molecule has 2 nitrogen and oxygen atoms in total. The predicted molar refractivity (Wildman–Crippen MR) is 52.1 cm³/mol. The van der Waals surface area contributed by atoms with Crippen molar-refractivity contribution in [1.82, 2.24) is 0 Å². The summed E-state index contributed by atoms with van der Waals surface area (Å²) in [7, 11) is 0. The van der Waals surface area contributed by atoms with E-state index in [1.165, 1.54) is 0 Å². The Bertz CT molecular complexity index is 139. The summed E-state index contributed by atoms with van der Waals surface area (Å²) >= 11 is 4.39. The highest BCUT2D eigenvalue weighted by Gasteiger charge is 2.34. The molecule has 0 amide bonds. The minimum Gasteiger partial charge on any atom is -0.332 e. The number of rotatable bonds is 1. The lowest BCUT2D eigenvalue weighted by molar-refractivity contribution is 0.0591. The van der Waals surface area contributed by atoms with Crippen molar-refractivity contribution in [1.29, 1.82) is 0 Å². The van der Waals surface area contributed by atoms with Gasteiger partial charge in [-0.25, -0.2) is 0 Å². The third-order valence-electron chi connectivity index (χ3n) is 1.71. The molecule has 0 aromatic rings. The van der Waals surface area contributed by atoms with E-state index in [2.05, 4.69) is 33.0 Å². The van der Waals surface area contributed by atoms with Crippen LogP contribution in [0, 0.1) is 5.41 Å². The average Bonchev–Trinajstić information content (AvgIpc) is 1.97. The summed E-state index contributed by atoms with van der Waals surface area (Å²) in [5, 5.41) is 0. The normalized spacial score (nSPS) is 28.4. The first-order valence-electron chi connectivity index (χ1n) is 3.87. The minimum atomic E-state index is -1.73. The summed E-state index contributed by atoms with van der Waals surface area (Å²) in [6, 6.07) is 0. The van der Waals surface area contributed by atoms with Gasteiger partial charge in [-0.05, 0) is 0 Å². The van der Waals surface area contributed by atoms with Gasteiger partial charge in [-0.15, -0.1) is 12.2 Å². The van der Waals surface area contributed by atoms with E-state index in [9.17, 15) is 0 Å². The van der Waals surface area contributed by atoms with E-state index in [4.69, 9.17) is 9.05 Å². The zero-order valence-electron chi connectivity index (χ0n) is 7.33. The Morgan fingerprint density at radius 3 is 2.18 bits per heavy atom. The van der Waals surface area contributed by atoms with Crippen molar-refractivity contribution in [3.63, 3.8) is 0 Å². The molecule has 1 saturated heterocycles. The van der Waals surface area contributed by atoms with E-state index in [1.54, 1.807) is 0 Å². The summed E-state index contributed by atoms with van der Waals surface area (Å²) < 4.78 is 11.2. The first-order valence-corrected chi connectivity index (χ1v) is 6.84. The Morgan fingerprint density at radius 2 is 1.82 bits per heavy atom. The maximum absolute atomic E-state index is 5.58. The van der Waals surface area contributed by atoms with Gasteiger partial charge in [0.05, 0.1) is 13.2 Å². The van der Waals surface area contributed by atoms with Crippen LogP contribution in [0.15, 0.2) is 0 Å². The van der Waals surface area contributed by atoms with Crippen molar-refractivity contribution < 1.29 is 9.05 Å². The van der Waals surface area contributed by atoms with E-state index in [-0.39, 0.29) is 5.41 Å². The molecule has 1 heterocycles. The van der Waals surface area contributed by atoms with Crippen LogP contribution in [-0.4, -0.2) is 19.4 Å². The van der Waals surface area contributed by atoms with Gasteiger partial charge in [0.25, 0.3) is 0 Å². The zero-order valence-corrected chi connectivity index (χ0v) is 9.12. The number of hydrogen-bond acceptors (Lipinski definition) is 3. The molecule has 0 aromatic heterocycles. The molecular formula is C7H16O2PS. The number of thiol groups is 1. The molecular weight excluding hydrogens is 179 g/mol. The Morgan fingerprint density at radius 1 is 1.36 bits per heavy atom. The van der Waals surface area contributed by atoms with Gasteiger partial charge in [0.15, 0.2) is 6.92 Å². The molecule has 0 atom stereocenters. The second-order valence-corrected chi connectivity index (χ2v) is 7.92. The summed E-state index contributed by atoms with van der Waals surface area (Å²) in [6.45, 7) is 6.15. The highest BCUT2D eigenvalue weighted by atomic mass is 32.7. The standard InChI is InChI=1S/C7H16O2PS/c1-4-10(11)8-5-7(2,3)6-9-10/h11H,4-6H2,1-3H3. The van der Waals surface area contributed by atoms with Gasteiger partial charge in [0, 0.05) is 11.6 Å². The lowest BCUT2D eigenvalue weighted by atomic mass is 9.97. The summed E-state index contributed by atoms with van der Waals surface area (Å²) in [5.41, 5.74) is 0.168. The molecule has 1 aliphatic rings. The first kappa shape index (κ1) is 9.79. The van der Waals surface area contributed by atoms with Crippen LogP contribution < -0.4 is 0 Å². The van der Waals surface area contributed by atoms with Crippen molar-refractivity contribution in [3.8, 4) is 0 Å². The Balaban J connectivity index is 2.48. The van der Waals surface area contributed by atoms with E-state index < -0.39 is 6.92 Å². The Hall–Kier alpha value is 0.700. The van der Waals surface area contributed by atoms with Crippen molar-refractivity contribution >= 4 is 19.2 Å². The summed E-state index contributed by atoms with van der Waals surface area (Å²) in [5.74, 6) is 0. The highest BCUT2D eigenvalue weighted by molar-refractivity contribution is 8.49. The molecule has 0 unspecified atom stereocenters. The Labute approximate surface area is 74.3 Å². The fourth-order valence-corrected chi connectivity index (χ4v) is 2.70. The van der Waals surface area contributed by atoms with Gasteiger partial charge in [-0.1, -0.05) is 20.8 Å². The molecule has 0 N–H and O–H groups in total. The van der Waals surface area contributed by atoms with Crippen LogP contribution in [0.1, 0.15) is 20.8 Å². The third kappa shape index (κ3) is 2.59. The van der Waals surface area contributed by atoms with E-state index in [0.717, 1.165) is 19.4 Å². The minimum absolute atomic E-state index is 0.168.